The number of rotatable bonds is 3. The lowest BCUT2D eigenvalue weighted by Gasteiger charge is -2.26. The van der Waals surface area contributed by atoms with Crippen molar-refractivity contribution >= 4 is 29.6 Å². The van der Waals surface area contributed by atoms with Crippen LogP contribution in [0.4, 0.5) is 0 Å². The molecule has 0 amide bonds. The quantitative estimate of drug-likeness (QED) is 0.731. The van der Waals surface area contributed by atoms with Crippen molar-refractivity contribution in [3.05, 3.63) is 28.8 Å². The number of halogens is 1. The molecule has 0 spiro atoms. The maximum absolute atomic E-state index is 11.0. The van der Waals surface area contributed by atoms with E-state index in [-0.39, 0.29) is 0 Å². The van der Waals surface area contributed by atoms with Crippen LogP contribution in [0.1, 0.15) is 43.0 Å². The standard InChI is InChI=1S/C14H17ClOS/c1-10-4-2-6-12(8-10)17-14-11(9-16)5-3-7-13(14)15/h3,5,7,9-10,12H,2,4,6,8H2,1H3. The largest absolute Gasteiger partial charge is 0.298 e. The third kappa shape index (κ3) is 3.26. The molecule has 0 saturated heterocycles. The number of hydrogen-bond acceptors (Lipinski definition) is 2. The van der Waals surface area contributed by atoms with Crippen LogP contribution in [0, 0.1) is 5.92 Å². The lowest BCUT2D eigenvalue weighted by Crippen LogP contribution is -2.15. The molecule has 2 unspecified atom stereocenters. The topological polar surface area (TPSA) is 17.1 Å². The van der Waals surface area contributed by atoms with Gasteiger partial charge in [-0.05, 0) is 24.8 Å². The first kappa shape index (κ1) is 13.0. The summed E-state index contributed by atoms with van der Waals surface area (Å²) in [6, 6.07) is 5.54. The van der Waals surface area contributed by atoms with Gasteiger partial charge in [-0.1, -0.05) is 43.5 Å². The van der Waals surface area contributed by atoms with Gasteiger partial charge in [0.05, 0.1) is 5.02 Å². The van der Waals surface area contributed by atoms with Crippen molar-refractivity contribution in [2.45, 2.75) is 42.8 Å². The van der Waals surface area contributed by atoms with Gasteiger partial charge in [0.25, 0.3) is 0 Å². The highest BCUT2D eigenvalue weighted by Gasteiger charge is 2.21. The number of hydrogen-bond donors (Lipinski definition) is 0. The van der Waals surface area contributed by atoms with Crippen LogP contribution in [0.3, 0.4) is 0 Å². The van der Waals surface area contributed by atoms with Crippen LogP contribution in [0.15, 0.2) is 23.1 Å². The third-order valence-electron chi connectivity index (χ3n) is 3.30. The highest BCUT2D eigenvalue weighted by molar-refractivity contribution is 8.00. The first-order valence-corrected chi connectivity index (χ1v) is 7.37. The number of benzene rings is 1. The molecule has 1 fully saturated rings. The maximum Gasteiger partial charge on any atom is 0.151 e. The molecule has 17 heavy (non-hydrogen) atoms. The van der Waals surface area contributed by atoms with Crippen LogP contribution in [0.5, 0.6) is 0 Å². The van der Waals surface area contributed by atoms with Crippen LogP contribution >= 0.6 is 23.4 Å². The Morgan fingerprint density at radius 3 is 2.94 bits per heavy atom. The van der Waals surface area contributed by atoms with Gasteiger partial charge in [0, 0.05) is 15.7 Å². The molecule has 2 rings (SSSR count). The Labute approximate surface area is 112 Å². The molecule has 0 aliphatic heterocycles. The average molecular weight is 269 g/mol. The second-order valence-electron chi connectivity index (χ2n) is 4.79. The van der Waals surface area contributed by atoms with Crippen molar-refractivity contribution in [2.24, 2.45) is 5.92 Å². The highest BCUT2D eigenvalue weighted by atomic mass is 35.5. The van der Waals surface area contributed by atoms with Gasteiger partial charge in [0.15, 0.2) is 6.29 Å². The second kappa shape index (κ2) is 5.92. The van der Waals surface area contributed by atoms with Crippen molar-refractivity contribution in [3.8, 4) is 0 Å². The van der Waals surface area contributed by atoms with Crippen molar-refractivity contribution in [1.29, 1.82) is 0 Å². The summed E-state index contributed by atoms with van der Waals surface area (Å²) in [6.45, 7) is 2.31. The molecule has 0 radical (unpaired) electrons. The van der Waals surface area contributed by atoms with E-state index < -0.39 is 0 Å². The molecule has 1 nitrogen and oxygen atoms in total. The predicted octanol–water partition coefficient (Wildman–Crippen LogP) is 4.82. The van der Waals surface area contributed by atoms with Crippen LogP contribution in [0.25, 0.3) is 0 Å². The van der Waals surface area contributed by atoms with Gasteiger partial charge in [-0.2, -0.15) is 0 Å². The van der Waals surface area contributed by atoms with E-state index in [1.807, 2.05) is 18.2 Å². The molecular formula is C14H17ClOS. The van der Waals surface area contributed by atoms with Crippen LogP contribution < -0.4 is 0 Å². The fraction of sp³-hybridized carbons (Fsp3) is 0.500. The van der Waals surface area contributed by atoms with Crippen LogP contribution in [-0.4, -0.2) is 11.5 Å². The molecular weight excluding hydrogens is 252 g/mol. The van der Waals surface area contributed by atoms with E-state index in [0.717, 1.165) is 22.7 Å². The van der Waals surface area contributed by atoms with Gasteiger partial charge < -0.3 is 0 Å². The SMILES string of the molecule is CC1CCCC(Sc2c(Cl)cccc2C=O)C1. The van der Waals surface area contributed by atoms with E-state index in [0.29, 0.717) is 10.3 Å². The zero-order valence-corrected chi connectivity index (χ0v) is 11.6. The van der Waals surface area contributed by atoms with Gasteiger partial charge in [-0.15, -0.1) is 11.8 Å². The Hall–Kier alpha value is -0.470. The molecule has 2 atom stereocenters. The third-order valence-corrected chi connectivity index (χ3v) is 5.18. The number of carbonyl (C=O) groups excluding carboxylic acids is 1. The van der Waals surface area contributed by atoms with E-state index in [2.05, 4.69) is 6.92 Å². The lowest BCUT2D eigenvalue weighted by atomic mass is 9.91. The normalized spacial score (nSPS) is 24.6. The molecule has 0 aromatic heterocycles. The zero-order valence-electron chi connectivity index (χ0n) is 9.99. The first-order chi connectivity index (χ1) is 8.20. The minimum atomic E-state index is 0.609. The summed E-state index contributed by atoms with van der Waals surface area (Å²) in [5.74, 6) is 0.795. The molecule has 0 bridgehead atoms. The van der Waals surface area contributed by atoms with Gasteiger partial charge in [-0.25, -0.2) is 0 Å². The Kier molecular flexibility index (Phi) is 4.52. The second-order valence-corrected chi connectivity index (χ2v) is 6.51. The number of carbonyl (C=O) groups is 1. The summed E-state index contributed by atoms with van der Waals surface area (Å²) in [6.07, 6.45) is 5.99. The predicted molar refractivity (Wildman–Crippen MR) is 74.1 cm³/mol. The van der Waals surface area contributed by atoms with Gasteiger partial charge in [0.2, 0.25) is 0 Å². The minimum Gasteiger partial charge on any atom is -0.298 e. The van der Waals surface area contributed by atoms with E-state index in [1.165, 1.54) is 25.7 Å². The maximum atomic E-state index is 11.0. The minimum absolute atomic E-state index is 0.609. The Balaban J connectivity index is 2.14. The van der Waals surface area contributed by atoms with E-state index in [4.69, 9.17) is 11.6 Å². The van der Waals surface area contributed by atoms with E-state index in [1.54, 1.807) is 11.8 Å². The summed E-state index contributed by atoms with van der Waals surface area (Å²) in [4.78, 5) is 12.0. The molecule has 0 heterocycles. The molecule has 0 N–H and O–H groups in total. The molecule has 92 valence electrons. The van der Waals surface area contributed by atoms with Gasteiger partial charge in [-0.3, -0.25) is 4.79 Å². The Morgan fingerprint density at radius 2 is 2.24 bits per heavy atom. The van der Waals surface area contributed by atoms with Crippen LogP contribution in [-0.2, 0) is 0 Å². The van der Waals surface area contributed by atoms with E-state index >= 15 is 0 Å². The molecule has 1 aromatic carbocycles. The highest BCUT2D eigenvalue weighted by Crippen LogP contribution is 2.40. The Morgan fingerprint density at radius 1 is 1.41 bits per heavy atom. The van der Waals surface area contributed by atoms with Crippen LogP contribution in [0.2, 0.25) is 5.02 Å². The zero-order chi connectivity index (χ0) is 12.3. The summed E-state index contributed by atoms with van der Waals surface area (Å²) < 4.78 is 0. The lowest BCUT2D eigenvalue weighted by molar-refractivity contribution is 0.112. The number of thioether (sulfide) groups is 1. The monoisotopic (exact) mass is 268 g/mol. The summed E-state index contributed by atoms with van der Waals surface area (Å²) in [5.41, 5.74) is 0.723. The Bertz CT molecular complexity index is 405. The molecule has 3 heteroatoms. The molecule has 1 aromatic rings. The van der Waals surface area contributed by atoms with Gasteiger partial charge in [0.1, 0.15) is 0 Å². The molecule has 1 aliphatic carbocycles. The fourth-order valence-corrected chi connectivity index (χ4v) is 4.19. The molecule has 1 aliphatic rings. The van der Waals surface area contributed by atoms with Crippen molar-refractivity contribution in [2.75, 3.05) is 0 Å². The van der Waals surface area contributed by atoms with Crippen molar-refractivity contribution < 1.29 is 4.79 Å². The fourth-order valence-electron chi connectivity index (χ4n) is 2.39. The number of aldehydes is 1. The van der Waals surface area contributed by atoms with Gasteiger partial charge >= 0.3 is 0 Å². The average Bonchev–Trinajstić information content (AvgIpc) is 2.32. The summed E-state index contributed by atoms with van der Waals surface area (Å²) >= 11 is 7.97. The first-order valence-electron chi connectivity index (χ1n) is 6.11. The smallest absolute Gasteiger partial charge is 0.151 e. The van der Waals surface area contributed by atoms with Crippen molar-refractivity contribution in [1.82, 2.24) is 0 Å². The summed E-state index contributed by atoms with van der Waals surface area (Å²) in [5, 5.41) is 1.31. The van der Waals surface area contributed by atoms with Crippen molar-refractivity contribution in [3.63, 3.8) is 0 Å². The van der Waals surface area contributed by atoms with E-state index in [9.17, 15) is 4.79 Å². The summed E-state index contributed by atoms with van der Waals surface area (Å²) in [7, 11) is 0. The molecule has 1 saturated carbocycles.